The van der Waals surface area contributed by atoms with Crippen LogP contribution in [0.3, 0.4) is 0 Å². The first-order chi connectivity index (χ1) is 11.8. The SMILES string of the molecule is CCNC(=NCc1cccs1)NCC1CC(=O)Nc2ccccc21.I. The molecule has 1 atom stereocenters. The smallest absolute Gasteiger partial charge is 0.225 e. The van der Waals surface area contributed by atoms with Crippen molar-refractivity contribution in [2.24, 2.45) is 4.99 Å². The number of carbonyl (C=O) groups excluding carboxylic acids is 1. The van der Waals surface area contributed by atoms with Crippen molar-refractivity contribution < 1.29 is 4.79 Å². The Morgan fingerprint density at radius 2 is 2.12 bits per heavy atom. The van der Waals surface area contributed by atoms with Gasteiger partial charge in [0.1, 0.15) is 0 Å². The molecule has 0 saturated carbocycles. The Morgan fingerprint density at radius 3 is 2.88 bits per heavy atom. The summed E-state index contributed by atoms with van der Waals surface area (Å²) in [5, 5.41) is 11.6. The van der Waals surface area contributed by atoms with E-state index >= 15 is 0 Å². The van der Waals surface area contributed by atoms with Crippen molar-refractivity contribution in [2.75, 3.05) is 18.4 Å². The summed E-state index contributed by atoms with van der Waals surface area (Å²) < 4.78 is 0. The van der Waals surface area contributed by atoms with E-state index in [1.165, 1.54) is 10.4 Å². The summed E-state index contributed by atoms with van der Waals surface area (Å²) in [7, 11) is 0. The van der Waals surface area contributed by atoms with Crippen molar-refractivity contribution in [3.05, 3.63) is 52.2 Å². The van der Waals surface area contributed by atoms with Gasteiger partial charge in [-0.1, -0.05) is 24.3 Å². The zero-order valence-electron chi connectivity index (χ0n) is 14.1. The maximum atomic E-state index is 11.9. The van der Waals surface area contributed by atoms with Gasteiger partial charge in [0.2, 0.25) is 5.91 Å². The number of halogens is 1. The van der Waals surface area contributed by atoms with Gasteiger partial charge in [-0.3, -0.25) is 4.79 Å². The largest absolute Gasteiger partial charge is 0.357 e. The maximum Gasteiger partial charge on any atom is 0.225 e. The average Bonchev–Trinajstić information content (AvgIpc) is 3.10. The second-order valence-electron chi connectivity index (χ2n) is 5.69. The van der Waals surface area contributed by atoms with Gasteiger partial charge in [-0.2, -0.15) is 0 Å². The number of anilines is 1. The van der Waals surface area contributed by atoms with Gasteiger partial charge < -0.3 is 16.0 Å². The van der Waals surface area contributed by atoms with Gasteiger partial charge in [0.15, 0.2) is 5.96 Å². The molecule has 134 valence electrons. The third kappa shape index (κ3) is 5.43. The lowest BCUT2D eigenvalue weighted by Gasteiger charge is -2.26. The molecular formula is C18H23IN4OS. The quantitative estimate of drug-likeness (QED) is 0.356. The summed E-state index contributed by atoms with van der Waals surface area (Å²) in [6.45, 7) is 4.19. The number of carbonyl (C=O) groups is 1. The Hall–Kier alpha value is -1.61. The van der Waals surface area contributed by atoms with Gasteiger partial charge in [-0.25, -0.2) is 4.99 Å². The van der Waals surface area contributed by atoms with E-state index in [9.17, 15) is 4.79 Å². The number of guanidine groups is 1. The van der Waals surface area contributed by atoms with E-state index in [-0.39, 0.29) is 35.8 Å². The molecule has 25 heavy (non-hydrogen) atoms. The van der Waals surface area contributed by atoms with Gasteiger partial charge in [0.05, 0.1) is 6.54 Å². The minimum absolute atomic E-state index is 0. The molecule has 2 aromatic rings. The molecule has 3 rings (SSSR count). The van der Waals surface area contributed by atoms with Crippen LogP contribution in [0.15, 0.2) is 46.8 Å². The number of para-hydroxylation sites is 1. The number of aliphatic imine (C=N–C) groups is 1. The average molecular weight is 470 g/mol. The van der Waals surface area contributed by atoms with E-state index in [0.717, 1.165) is 18.2 Å². The summed E-state index contributed by atoms with van der Waals surface area (Å²) in [5.74, 6) is 1.01. The highest BCUT2D eigenvalue weighted by molar-refractivity contribution is 14.0. The number of nitrogens with one attached hydrogen (secondary N) is 3. The predicted molar refractivity (Wildman–Crippen MR) is 115 cm³/mol. The summed E-state index contributed by atoms with van der Waals surface area (Å²) in [6, 6.07) is 12.1. The van der Waals surface area contributed by atoms with Crippen molar-refractivity contribution in [1.82, 2.24) is 10.6 Å². The van der Waals surface area contributed by atoms with Crippen LogP contribution in [0.2, 0.25) is 0 Å². The highest BCUT2D eigenvalue weighted by atomic mass is 127. The molecule has 7 heteroatoms. The summed E-state index contributed by atoms with van der Waals surface area (Å²) >= 11 is 1.70. The molecule has 0 fully saturated rings. The molecule has 3 N–H and O–H groups in total. The Balaban J connectivity index is 0.00000225. The second-order valence-corrected chi connectivity index (χ2v) is 6.72. The lowest BCUT2D eigenvalue weighted by Crippen LogP contribution is -2.40. The van der Waals surface area contributed by atoms with Gasteiger partial charge in [-0.15, -0.1) is 35.3 Å². The third-order valence-electron chi connectivity index (χ3n) is 3.94. The summed E-state index contributed by atoms with van der Waals surface area (Å²) in [6.07, 6.45) is 0.494. The van der Waals surface area contributed by atoms with Crippen molar-refractivity contribution in [3.63, 3.8) is 0 Å². The number of benzene rings is 1. The number of nitrogens with zero attached hydrogens (tertiary/aromatic N) is 1. The van der Waals surface area contributed by atoms with Crippen LogP contribution in [0.5, 0.6) is 0 Å². The van der Waals surface area contributed by atoms with Gasteiger partial charge in [0.25, 0.3) is 0 Å². The zero-order valence-corrected chi connectivity index (χ0v) is 17.3. The van der Waals surface area contributed by atoms with E-state index in [4.69, 9.17) is 0 Å². The molecule has 1 amide bonds. The van der Waals surface area contributed by atoms with E-state index in [1.807, 2.05) is 31.2 Å². The van der Waals surface area contributed by atoms with E-state index in [2.05, 4.69) is 38.5 Å². The van der Waals surface area contributed by atoms with Crippen LogP contribution >= 0.6 is 35.3 Å². The molecule has 5 nitrogen and oxygen atoms in total. The Kier molecular flexibility index (Phi) is 7.70. The molecule has 1 aromatic heterocycles. The highest BCUT2D eigenvalue weighted by Gasteiger charge is 2.24. The first kappa shape index (κ1) is 19.7. The van der Waals surface area contributed by atoms with Crippen molar-refractivity contribution in [1.29, 1.82) is 0 Å². The molecule has 0 bridgehead atoms. The Morgan fingerprint density at radius 1 is 1.28 bits per heavy atom. The van der Waals surface area contributed by atoms with Crippen LogP contribution in [0.4, 0.5) is 5.69 Å². The first-order valence-corrected chi connectivity index (χ1v) is 9.07. The van der Waals surface area contributed by atoms with Crippen LogP contribution < -0.4 is 16.0 Å². The number of hydrogen-bond acceptors (Lipinski definition) is 3. The normalized spacial score (nSPS) is 16.4. The third-order valence-corrected chi connectivity index (χ3v) is 4.80. The second kappa shape index (κ2) is 9.76. The molecule has 0 spiro atoms. The minimum atomic E-state index is 0. The van der Waals surface area contributed by atoms with E-state index < -0.39 is 0 Å². The van der Waals surface area contributed by atoms with Gasteiger partial charge >= 0.3 is 0 Å². The zero-order chi connectivity index (χ0) is 16.8. The van der Waals surface area contributed by atoms with Crippen molar-refractivity contribution in [2.45, 2.75) is 25.8 Å². The lowest BCUT2D eigenvalue weighted by molar-refractivity contribution is -0.116. The molecule has 1 unspecified atom stereocenters. The number of thiophene rings is 1. The molecule has 2 heterocycles. The van der Waals surface area contributed by atoms with Crippen molar-refractivity contribution in [3.8, 4) is 0 Å². The number of amides is 1. The molecule has 0 radical (unpaired) electrons. The van der Waals surface area contributed by atoms with Crippen LogP contribution in [-0.4, -0.2) is 25.0 Å². The van der Waals surface area contributed by atoms with Crippen LogP contribution in [0.1, 0.15) is 29.7 Å². The summed E-state index contributed by atoms with van der Waals surface area (Å²) in [5.41, 5.74) is 2.10. The number of hydrogen-bond donors (Lipinski definition) is 3. The number of fused-ring (bicyclic) bond motifs is 1. The fourth-order valence-electron chi connectivity index (χ4n) is 2.81. The topological polar surface area (TPSA) is 65.5 Å². The molecule has 1 aromatic carbocycles. The van der Waals surface area contributed by atoms with Crippen LogP contribution in [0.25, 0.3) is 0 Å². The van der Waals surface area contributed by atoms with Crippen LogP contribution in [-0.2, 0) is 11.3 Å². The van der Waals surface area contributed by atoms with E-state index in [0.29, 0.717) is 19.5 Å². The predicted octanol–water partition coefficient (Wildman–Crippen LogP) is 3.55. The monoisotopic (exact) mass is 470 g/mol. The summed E-state index contributed by atoms with van der Waals surface area (Å²) in [4.78, 5) is 17.8. The minimum Gasteiger partial charge on any atom is -0.357 e. The van der Waals surface area contributed by atoms with Crippen LogP contribution in [0, 0.1) is 0 Å². The van der Waals surface area contributed by atoms with Gasteiger partial charge in [-0.05, 0) is 30.0 Å². The molecule has 0 saturated heterocycles. The number of rotatable bonds is 5. The van der Waals surface area contributed by atoms with E-state index in [1.54, 1.807) is 11.3 Å². The standard InChI is InChI=1S/C18H22N4OS.HI/c1-2-19-18(21-12-14-6-5-9-24-14)20-11-13-10-17(23)22-16-8-4-3-7-15(13)16;/h3-9,13H,2,10-12H2,1H3,(H,22,23)(H2,19,20,21);1H. The first-order valence-electron chi connectivity index (χ1n) is 8.19. The molecule has 1 aliphatic rings. The lowest BCUT2D eigenvalue weighted by atomic mass is 9.90. The fourth-order valence-corrected chi connectivity index (χ4v) is 3.43. The maximum absolute atomic E-state index is 11.9. The molecule has 1 aliphatic heterocycles. The Bertz CT molecular complexity index is 718. The molecule has 0 aliphatic carbocycles. The van der Waals surface area contributed by atoms with Crippen molar-refractivity contribution >= 4 is 52.9 Å². The highest BCUT2D eigenvalue weighted by Crippen LogP contribution is 2.31. The van der Waals surface area contributed by atoms with Gasteiger partial charge in [0, 0.05) is 36.0 Å². The Labute approximate surface area is 169 Å². The fraction of sp³-hybridized carbons (Fsp3) is 0.333. The molecular weight excluding hydrogens is 447 g/mol.